The Hall–Kier alpha value is -2.70. The first kappa shape index (κ1) is 17.7. The largest absolute Gasteiger partial charge is 0.353 e. The van der Waals surface area contributed by atoms with E-state index < -0.39 is 0 Å². The van der Waals surface area contributed by atoms with Crippen molar-refractivity contribution in [1.29, 1.82) is 0 Å². The number of aromatic nitrogens is 3. The molecule has 2 fully saturated rings. The number of carbonyl (C=O) groups excluding carboxylic acids is 1. The van der Waals surface area contributed by atoms with Crippen LogP contribution in [0.2, 0.25) is 0 Å². The van der Waals surface area contributed by atoms with Crippen LogP contribution in [0.3, 0.4) is 0 Å². The lowest BCUT2D eigenvalue weighted by Gasteiger charge is -2.35. The molecule has 2 aliphatic heterocycles. The Bertz CT molecular complexity index is 758. The van der Waals surface area contributed by atoms with Crippen molar-refractivity contribution in [1.82, 2.24) is 19.9 Å². The smallest absolute Gasteiger partial charge is 0.255 e. The number of piperidine rings is 1. The van der Waals surface area contributed by atoms with Gasteiger partial charge in [0, 0.05) is 57.9 Å². The van der Waals surface area contributed by atoms with Gasteiger partial charge < -0.3 is 14.7 Å². The number of anilines is 2. The molecule has 0 radical (unpaired) electrons. The summed E-state index contributed by atoms with van der Waals surface area (Å²) in [5.41, 5.74) is 0.684. The molecule has 4 heterocycles. The Morgan fingerprint density at radius 2 is 1.74 bits per heavy atom. The van der Waals surface area contributed by atoms with E-state index in [2.05, 4.69) is 31.7 Å². The van der Waals surface area contributed by atoms with Crippen molar-refractivity contribution in [3.63, 3.8) is 0 Å². The third-order valence-electron chi connectivity index (χ3n) is 5.38. The van der Waals surface area contributed by atoms with Crippen LogP contribution in [0.4, 0.5) is 11.8 Å². The van der Waals surface area contributed by atoms with Gasteiger partial charge >= 0.3 is 0 Å². The standard InChI is InChI=1S/C20H26N6O/c1-16-4-2-9-26(15-16)19(27)17-5-6-18(23-14-17)24-10-12-25(13-11-24)20-21-7-3-8-22-20/h3,5-8,14,16H,2,4,9-13,15H2,1H3. The van der Waals surface area contributed by atoms with Crippen LogP contribution in [-0.2, 0) is 0 Å². The lowest BCUT2D eigenvalue weighted by Crippen LogP contribution is -2.47. The summed E-state index contributed by atoms with van der Waals surface area (Å²) in [6, 6.07) is 5.71. The van der Waals surface area contributed by atoms with Crippen molar-refractivity contribution >= 4 is 17.7 Å². The fraction of sp³-hybridized carbons (Fsp3) is 0.500. The van der Waals surface area contributed by atoms with Gasteiger partial charge in [-0.1, -0.05) is 6.92 Å². The molecular weight excluding hydrogens is 340 g/mol. The van der Waals surface area contributed by atoms with Crippen molar-refractivity contribution in [2.24, 2.45) is 5.92 Å². The quantitative estimate of drug-likeness (QED) is 0.829. The predicted molar refractivity (Wildman–Crippen MR) is 105 cm³/mol. The van der Waals surface area contributed by atoms with E-state index in [9.17, 15) is 4.79 Å². The maximum atomic E-state index is 12.7. The number of likely N-dealkylation sites (tertiary alicyclic amines) is 1. The summed E-state index contributed by atoms with van der Waals surface area (Å²) in [6.45, 7) is 7.36. The van der Waals surface area contributed by atoms with E-state index in [1.54, 1.807) is 18.6 Å². The zero-order valence-electron chi connectivity index (χ0n) is 15.8. The summed E-state index contributed by atoms with van der Waals surface area (Å²) in [5, 5.41) is 0. The second-order valence-electron chi connectivity index (χ2n) is 7.43. The summed E-state index contributed by atoms with van der Waals surface area (Å²) in [7, 11) is 0. The van der Waals surface area contributed by atoms with Gasteiger partial charge in [-0.25, -0.2) is 15.0 Å². The predicted octanol–water partition coefficient (Wildman–Crippen LogP) is 2.07. The highest BCUT2D eigenvalue weighted by atomic mass is 16.2. The molecule has 1 atom stereocenters. The molecule has 0 aliphatic carbocycles. The van der Waals surface area contributed by atoms with Gasteiger partial charge in [-0.2, -0.15) is 0 Å². The highest BCUT2D eigenvalue weighted by Gasteiger charge is 2.23. The molecule has 1 unspecified atom stereocenters. The molecule has 0 N–H and O–H groups in total. The first-order chi connectivity index (χ1) is 13.2. The van der Waals surface area contributed by atoms with E-state index in [0.717, 1.165) is 57.5 Å². The summed E-state index contributed by atoms with van der Waals surface area (Å²) in [6.07, 6.45) is 7.57. The second kappa shape index (κ2) is 7.90. The molecule has 7 nitrogen and oxygen atoms in total. The summed E-state index contributed by atoms with van der Waals surface area (Å²) in [4.78, 5) is 32.3. The molecule has 2 aromatic heterocycles. The number of hydrogen-bond acceptors (Lipinski definition) is 6. The maximum absolute atomic E-state index is 12.7. The number of hydrogen-bond donors (Lipinski definition) is 0. The molecule has 4 rings (SSSR count). The molecular formula is C20H26N6O. The van der Waals surface area contributed by atoms with Crippen LogP contribution < -0.4 is 9.80 Å². The molecule has 142 valence electrons. The second-order valence-corrected chi connectivity index (χ2v) is 7.43. The molecule has 0 bridgehead atoms. The number of pyridine rings is 1. The third-order valence-corrected chi connectivity index (χ3v) is 5.38. The summed E-state index contributed by atoms with van der Waals surface area (Å²) < 4.78 is 0. The molecule has 0 saturated carbocycles. The minimum Gasteiger partial charge on any atom is -0.353 e. The van der Waals surface area contributed by atoms with Crippen LogP contribution in [-0.4, -0.2) is 65.0 Å². The van der Waals surface area contributed by atoms with Gasteiger partial charge in [0.15, 0.2) is 0 Å². The molecule has 0 spiro atoms. The highest BCUT2D eigenvalue weighted by Crippen LogP contribution is 2.20. The number of nitrogens with zero attached hydrogens (tertiary/aromatic N) is 6. The highest BCUT2D eigenvalue weighted by molar-refractivity contribution is 5.94. The topological polar surface area (TPSA) is 65.5 Å². The van der Waals surface area contributed by atoms with E-state index in [-0.39, 0.29) is 5.91 Å². The van der Waals surface area contributed by atoms with Gasteiger partial charge in [0.1, 0.15) is 5.82 Å². The van der Waals surface area contributed by atoms with E-state index in [0.29, 0.717) is 11.5 Å². The Balaban J connectivity index is 1.36. The van der Waals surface area contributed by atoms with Crippen molar-refractivity contribution < 1.29 is 4.79 Å². The molecule has 1 amide bonds. The minimum atomic E-state index is 0.103. The fourth-order valence-electron chi connectivity index (χ4n) is 3.85. The van der Waals surface area contributed by atoms with Crippen LogP contribution in [0, 0.1) is 5.92 Å². The van der Waals surface area contributed by atoms with Gasteiger partial charge in [0.2, 0.25) is 5.95 Å². The Labute approximate surface area is 160 Å². The normalized spacial score (nSPS) is 20.6. The molecule has 7 heteroatoms. The Morgan fingerprint density at radius 1 is 1.00 bits per heavy atom. The van der Waals surface area contributed by atoms with E-state index in [1.807, 2.05) is 23.1 Å². The van der Waals surface area contributed by atoms with Gasteiger partial charge in [-0.05, 0) is 37.0 Å². The van der Waals surface area contributed by atoms with Gasteiger partial charge in [0.05, 0.1) is 5.56 Å². The minimum absolute atomic E-state index is 0.103. The van der Waals surface area contributed by atoms with Crippen LogP contribution in [0.25, 0.3) is 0 Å². The van der Waals surface area contributed by atoms with Crippen LogP contribution in [0.5, 0.6) is 0 Å². The third kappa shape index (κ3) is 4.02. The average molecular weight is 366 g/mol. The number of rotatable bonds is 3. The van der Waals surface area contributed by atoms with Crippen LogP contribution >= 0.6 is 0 Å². The van der Waals surface area contributed by atoms with Crippen molar-refractivity contribution in [3.05, 3.63) is 42.4 Å². The molecule has 2 saturated heterocycles. The molecule has 0 aromatic carbocycles. The van der Waals surface area contributed by atoms with Gasteiger partial charge in [0.25, 0.3) is 5.91 Å². The summed E-state index contributed by atoms with van der Waals surface area (Å²) >= 11 is 0. The van der Waals surface area contributed by atoms with E-state index in [1.165, 1.54) is 6.42 Å². The summed E-state index contributed by atoms with van der Waals surface area (Å²) in [5.74, 6) is 2.39. The first-order valence-corrected chi connectivity index (χ1v) is 9.73. The fourth-order valence-corrected chi connectivity index (χ4v) is 3.85. The number of piperazine rings is 1. The number of amides is 1. The monoisotopic (exact) mass is 366 g/mol. The Morgan fingerprint density at radius 3 is 2.41 bits per heavy atom. The zero-order valence-corrected chi connectivity index (χ0v) is 15.8. The van der Waals surface area contributed by atoms with Crippen LogP contribution in [0.1, 0.15) is 30.1 Å². The first-order valence-electron chi connectivity index (χ1n) is 9.73. The van der Waals surface area contributed by atoms with E-state index in [4.69, 9.17) is 0 Å². The van der Waals surface area contributed by atoms with Crippen LogP contribution in [0.15, 0.2) is 36.8 Å². The van der Waals surface area contributed by atoms with Crippen molar-refractivity contribution in [2.75, 3.05) is 49.1 Å². The zero-order chi connectivity index (χ0) is 18.6. The maximum Gasteiger partial charge on any atom is 0.255 e. The van der Waals surface area contributed by atoms with Gasteiger partial charge in [-0.15, -0.1) is 0 Å². The SMILES string of the molecule is CC1CCCN(C(=O)c2ccc(N3CCN(c4ncccn4)CC3)nc2)C1. The lowest BCUT2D eigenvalue weighted by atomic mass is 10.00. The van der Waals surface area contributed by atoms with E-state index >= 15 is 0 Å². The van der Waals surface area contributed by atoms with Gasteiger partial charge in [-0.3, -0.25) is 4.79 Å². The average Bonchev–Trinajstić information content (AvgIpc) is 2.74. The molecule has 2 aromatic rings. The van der Waals surface area contributed by atoms with Crippen molar-refractivity contribution in [3.8, 4) is 0 Å². The van der Waals surface area contributed by atoms with Crippen molar-refractivity contribution in [2.45, 2.75) is 19.8 Å². The molecule has 2 aliphatic rings. The lowest BCUT2D eigenvalue weighted by molar-refractivity contribution is 0.0682. The Kier molecular flexibility index (Phi) is 5.18. The molecule has 27 heavy (non-hydrogen) atoms. The number of carbonyl (C=O) groups is 1.